The molecule has 0 bridgehead atoms. The maximum absolute atomic E-state index is 11.5. The zero-order valence-electron chi connectivity index (χ0n) is 11.0. The van der Waals surface area contributed by atoms with Crippen molar-refractivity contribution >= 4 is 5.97 Å². The van der Waals surface area contributed by atoms with E-state index in [0.717, 1.165) is 12.5 Å². The molecule has 16 heavy (non-hydrogen) atoms. The molecule has 0 aliphatic heterocycles. The van der Waals surface area contributed by atoms with Gasteiger partial charge in [0, 0.05) is 6.04 Å². The molecule has 3 heteroatoms. The van der Waals surface area contributed by atoms with Crippen LogP contribution in [0.25, 0.3) is 0 Å². The summed E-state index contributed by atoms with van der Waals surface area (Å²) in [6, 6.07) is 0.216. The lowest BCUT2D eigenvalue weighted by atomic mass is 10.2. The lowest BCUT2D eigenvalue weighted by molar-refractivity contribution is -0.155. The first-order valence-corrected chi connectivity index (χ1v) is 6.32. The average Bonchev–Trinajstić information content (AvgIpc) is 2.83. The molecule has 0 amide bonds. The molecular formula is C13H25NO2. The van der Waals surface area contributed by atoms with Gasteiger partial charge in [0.25, 0.3) is 0 Å². The molecule has 1 N–H and O–H groups in total. The van der Waals surface area contributed by atoms with Crippen LogP contribution in [0.15, 0.2) is 0 Å². The topological polar surface area (TPSA) is 38.3 Å². The third-order valence-electron chi connectivity index (χ3n) is 2.64. The van der Waals surface area contributed by atoms with Gasteiger partial charge in [-0.15, -0.1) is 0 Å². The van der Waals surface area contributed by atoms with Gasteiger partial charge in [-0.2, -0.15) is 0 Å². The number of hydrogen-bond donors (Lipinski definition) is 1. The Morgan fingerprint density at radius 2 is 2.06 bits per heavy atom. The maximum Gasteiger partial charge on any atom is 0.307 e. The van der Waals surface area contributed by atoms with E-state index in [1.807, 2.05) is 27.7 Å². The monoisotopic (exact) mass is 227 g/mol. The van der Waals surface area contributed by atoms with Crippen LogP contribution in [0.4, 0.5) is 0 Å². The molecule has 1 aliphatic carbocycles. The van der Waals surface area contributed by atoms with Crippen molar-refractivity contribution in [2.75, 3.05) is 6.54 Å². The lowest BCUT2D eigenvalue weighted by Crippen LogP contribution is -2.32. The van der Waals surface area contributed by atoms with Crippen LogP contribution in [0.5, 0.6) is 0 Å². The Morgan fingerprint density at radius 3 is 2.56 bits per heavy atom. The Kier molecular flexibility index (Phi) is 4.78. The molecule has 0 heterocycles. The number of carbonyl (C=O) groups is 1. The van der Waals surface area contributed by atoms with Gasteiger partial charge in [0.15, 0.2) is 0 Å². The molecule has 3 nitrogen and oxygen atoms in total. The van der Waals surface area contributed by atoms with Crippen LogP contribution in [0.1, 0.15) is 53.4 Å². The van der Waals surface area contributed by atoms with Crippen molar-refractivity contribution in [2.24, 2.45) is 5.92 Å². The summed E-state index contributed by atoms with van der Waals surface area (Å²) in [4.78, 5) is 11.5. The van der Waals surface area contributed by atoms with Crippen molar-refractivity contribution in [2.45, 2.75) is 65.0 Å². The van der Waals surface area contributed by atoms with Crippen LogP contribution in [0.2, 0.25) is 0 Å². The van der Waals surface area contributed by atoms with E-state index < -0.39 is 0 Å². The minimum Gasteiger partial charge on any atom is -0.460 e. The summed E-state index contributed by atoms with van der Waals surface area (Å²) in [6.07, 6.45) is 4.49. The van der Waals surface area contributed by atoms with Gasteiger partial charge in [-0.05, 0) is 46.6 Å². The summed E-state index contributed by atoms with van der Waals surface area (Å²) in [5.41, 5.74) is -0.370. The number of esters is 1. The molecule has 0 aromatic heterocycles. The summed E-state index contributed by atoms with van der Waals surface area (Å²) in [7, 11) is 0. The normalized spacial score (nSPS) is 18.2. The average molecular weight is 227 g/mol. The van der Waals surface area contributed by atoms with E-state index in [4.69, 9.17) is 4.74 Å². The molecule has 1 aliphatic rings. The van der Waals surface area contributed by atoms with Crippen LogP contribution in [-0.2, 0) is 9.53 Å². The standard InChI is InChI=1S/C13H25NO2/c1-10(14-8-7-11-5-6-11)9-12(15)16-13(2,3)4/h10-11,14H,5-9H2,1-4H3. The zero-order chi connectivity index (χ0) is 12.2. The summed E-state index contributed by atoms with van der Waals surface area (Å²) >= 11 is 0. The first-order valence-electron chi connectivity index (χ1n) is 6.32. The van der Waals surface area contributed by atoms with E-state index in [9.17, 15) is 4.79 Å². The van der Waals surface area contributed by atoms with Gasteiger partial charge in [0.05, 0.1) is 6.42 Å². The van der Waals surface area contributed by atoms with Crippen molar-refractivity contribution < 1.29 is 9.53 Å². The zero-order valence-corrected chi connectivity index (χ0v) is 11.0. The maximum atomic E-state index is 11.5. The first kappa shape index (κ1) is 13.5. The highest BCUT2D eigenvalue weighted by atomic mass is 16.6. The quantitative estimate of drug-likeness (QED) is 0.708. The molecule has 1 fully saturated rings. The largest absolute Gasteiger partial charge is 0.460 e. The minimum absolute atomic E-state index is 0.112. The Hall–Kier alpha value is -0.570. The fraction of sp³-hybridized carbons (Fsp3) is 0.923. The van der Waals surface area contributed by atoms with Gasteiger partial charge < -0.3 is 10.1 Å². The molecule has 0 aromatic rings. The molecular weight excluding hydrogens is 202 g/mol. The predicted molar refractivity (Wildman–Crippen MR) is 65.3 cm³/mol. The highest BCUT2D eigenvalue weighted by molar-refractivity contribution is 5.70. The van der Waals surface area contributed by atoms with Crippen molar-refractivity contribution in [3.05, 3.63) is 0 Å². The highest BCUT2D eigenvalue weighted by Crippen LogP contribution is 2.31. The van der Waals surface area contributed by atoms with Crippen LogP contribution < -0.4 is 5.32 Å². The molecule has 94 valence electrons. The fourth-order valence-electron chi connectivity index (χ4n) is 1.65. The van der Waals surface area contributed by atoms with Crippen molar-refractivity contribution in [3.8, 4) is 0 Å². The second-order valence-corrected chi connectivity index (χ2v) is 5.88. The van der Waals surface area contributed by atoms with Crippen LogP contribution in [-0.4, -0.2) is 24.2 Å². The van der Waals surface area contributed by atoms with Gasteiger partial charge >= 0.3 is 5.97 Å². The van der Waals surface area contributed by atoms with Crippen LogP contribution in [0.3, 0.4) is 0 Å². The fourth-order valence-corrected chi connectivity index (χ4v) is 1.65. The number of hydrogen-bond acceptors (Lipinski definition) is 3. The van der Waals surface area contributed by atoms with Crippen LogP contribution in [0, 0.1) is 5.92 Å². The van der Waals surface area contributed by atoms with E-state index >= 15 is 0 Å². The smallest absolute Gasteiger partial charge is 0.307 e. The van der Waals surface area contributed by atoms with Crippen molar-refractivity contribution in [1.82, 2.24) is 5.32 Å². The third kappa shape index (κ3) is 6.83. The molecule has 1 rings (SSSR count). The summed E-state index contributed by atoms with van der Waals surface area (Å²) in [6.45, 7) is 8.76. The van der Waals surface area contributed by atoms with E-state index in [0.29, 0.717) is 6.42 Å². The van der Waals surface area contributed by atoms with E-state index in [2.05, 4.69) is 5.32 Å². The predicted octanol–water partition coefficient (Wildman–Crippen LogP) is 2.50. The van der Waals surface area contributed by atoms with Crippen LogP contribution >= 0.6 is 0 Å². The third-order valence-corrected chi connectivity index (χ3v) is 2.64. The number of ether oxygens (including phenoxy) is 1. The first-order chi connectivity index (χ1) is 7.37. The highest BCUT2D eigenvalue weighted by Gasteiger charge is 2.21. The summed E-state index contributed by atoms with van der Waals surface area (Å²) in [5.74, 6) is 0.833. The van der Waals surface area contributed by atoms with Gasteiger partial charge in [0.2, 0.25) is 0 Å². The Morgan fingerprint density at radius 1 is 1.44 bits per heavy atom. The second-order valence-electron chi connectivity index (χ2n) is 5.88. The Bertz CT molecular complexity index is 229. The second kappa shape index (κ2) is 5.67. The molecule has 1 atom stereocenters. The number of carbonyl (C=O) groups excluding carboxylic acids is 1. The SMILES string of the molecule is CC(CC(=O)OC(C)(C)C)NCCC1CC1. The van der Waals surface area contributed by atoms with Crippen molar-refractivity contribution in [3.63, 3.8) is 0 Å². The minimum atomic E-state index is -0.370. The molecule has 0 aromatic carbocycles. The van der Waals surface area contributed by atoms with Gasteiger partial charge in [-0.1, -0.05) is 12.8 Å². The number of rotatable bonds is 6. The summed E-state index contributed by atoms with van der Waals surface area (Å²) in [5, 5.41) is 3.37. The number of nitrogens with one attached hydrogen (secondary N) is 1. The van der Waals surface area contributed by atoms with Gasteiger partial charge in [-0.3, -0.25) is 4.79 Å². The van der Waals surface area contributed by atoms with Crippen molar-refractivity contribution in [1.29, 1.82) is 0 Å². The Balaban J connectivity index is 2.07. The molecule has 1 saturated carbocycles. The lowest BCUT2D eigenvalue weighted by Gasteiger charge is -2.21. The summed E-state index contributed by atoms with van der Waals surface area (Å²) < 4.78 is 5.27. The molecule has 0 saturated heterocycles. The van der Waals surface area contributed by atoms with E-state index in [1.165, 1.54) is 19.3 Å². The van der Waals surface area contributed by atoms with E-state index in [1.54, 1.807) is 0 Å². The van der Waals surface area contributed by atoms with E-state index in [-0.39, 0.29) is 17.6 Å². The van der Waals surface area contributed by atoms with Gasteiger partial charge in [0.1, 0.15) is 5.60 Å². The Labute approximate surface area is 98.9 Å². The molecule has 1 unspecified atom stereocenters. The molecule has 0 spiro atoms. The molecule has 0 radical (unpaired) electrons. The van der Waals surface area contributed by atoms with Gasteiger partial charge in [-0.25, -0.2) is 0 Å².